The molecule has 0 saturated carbocycles. The zero-order valence-corrected chi connectivity index (χ0v) is 74.0. The van der Waals surface area contributed by atoms with Crippen LogP contribution >= 0.6 is 7.67 Å². The monoisotopic (exact) mass is 1780 g/mol. The number of benzene rings is 6. The van der Waals surface area contributed by atoms with Gasteiger partial charge in [-0.2, -0.15) is 0 Å². The average molecular weight is 1790 g/mol. The Morgan fingerprint density at radius 2 is 0.609 bits per heavy atom. The van der Waals surface area contributed by atoms with E-state index in [0.29, 0.717) is 78.8 Å². The van der Waals surface area contributed by atoms with Crippen molar-refractivity contribution in [2.75, 3.05) is 80.1 Å². The van der Waals surface area contributed by atoms with E-state index in [1.165, 1.54) is 14.0 Å². The lowest BCUT2D eigenvalue weighted by Gasteiger charge is -2.39. The number of nitrogens with one attached hydrogen (secondary N) is 17. The molecule has 10 atom stereocenters. The van der Waals surface area contributed by atoms with Gasteiger partial charge in [-0.05, 0) is 98.8 Å². The van der Waals surface area contributed by atoms with Crippen LogP contribution in [0.4, 0.5) is 0 Å². The summed E-state index contributed by atoms with van der Waals surface area (Å²) in [6, 6.07) is 40.0. The van der Waals surface area contributed by atoms with Gasteiger partial charge in [-0.15, -0.1) is 0 Å². The smallest absolute Gasteiger partial charge is 0.345 e. The molecule has 6 aromatic carbocycles. The first kappa shape index (κ1) is 102. The number of carbonyl (C=O) groups excluding carboxylic acids is 12. The summed E-state index contributed by atoms with van der Waals surface area (Å²) < 4.78 is 21.9. The molecule has 690 valence electrons. The van der Waals surface area contributed by atoms with Gasteiger partial charge >= 0.3 is 7.67 Å². The van der Waals surface area contributed by atoms with Gasteiger partial charge < -0.3 is 101 Å². The Hall–Kier alpha value is -13.1. The highest BCUT2D eigenvalue weighted by atomic mass is 31.2. The van der Waals surface area contributed by atoms with Crippen LogP contribution in [0, 0.1) is 16.2 Å². The van der Waals surface area contributed by atoms with Gasteiger partial charge in [0, 0.05) is 124 Å². The van der Waals surface area contributed by atoms with Crippen molar-refractivity contribution in [1.29, 1.82) is 16.2 Å². The molecule has 1 fully saturated rings. The van der Waals surface area contributed by atoms with Crippen molar-refractivity contribution in [3.8, 4) is 0 Å². The van der Waals surface area contributed by atoms with Gasteiger partial charge in [0.25, 0.3) is 0 Å². The molecular formula is C90H126N23O14P. The first-order valence-electron chi connectivity index (χ1n) is 43.1. The average Bonchev–Trinajstić information content (AvgIpc) is 0.810. The fraction of sp³-hybridized carbons (Fsp3) is 0.433. The molecule has 23 N–H and O–H groups in total. The summed E-state index contributed by atoms with van der Waals surface area (Å²) in [4.78, 5) is 175. The van der Waals surface area contributed by atoms with Crippen molar-refractivity contribution < 1.29 is 66.6 Å². The van der Waals surface area contributed by atoms with Gasteiger partial charge in [0.1, 0.15) is 54.4 Å². The fourth-order valence-electron chi connectivity index (χ4n) is 14.4. The lowest BCUT2D eigenvalue weighted by Crippen LogP contribution is -2.61. The number of nitrogens with zero attached hydrogens (tertiary/aromatic N) is 3. The summed E-state index contributed by atoms with van der Waals surface area (Å²) >= 11 is 0. The van der Waals surface area contributed by atoms with Crippen LogP contribution in [0.5, 0.6) is 0 Å². The quantitative estimate of drug-likeness (QED) is 0.0111. The number of hydrogen-bond acceptors (Lipinski definition) is 17. The summed E-state index contributed by atoms with van der Waals surface area (Å²) in [5.74, 6) is -9.09. The van der Waals surface area contributed by atoms with Crippen molar-refractivity contribution in [3.05, 3.63) is 215 Å². The minimum absolute atomic E-state index is 0.0357. The Morgan fingerprint density at radius 1 is 0.344 bits per heavy atom. The topological polar surface area (TPSA) is 559 Å². The van der Waals surface area contributed by atoms with Gasteiger partial charge in [0.05, 0.1) is 0 Å². The summed E-state index contributed by atoms with van der Waals surface area (Å²) in [6.07, 6.45) is 1.42. The Balaban J connectivity index is 1.10. The molecule has 0 bridgehead atoms. The van der Waals surface area contributed by atoms with E-state index in [9.17, 15) is 33.3 Å². The van der Waals surface area contributed by atoms with Crippen LogP contribution in [0.25, 0.3) is 0 Å². The molecule has 7 rings (SSSR count). The van der Waals surface area contributed by atoms with Gasteiger partial charge in [0.15, 0.2) is 17.9 Å². The SMILES string of the molecule is COP(=O)(N(C)C)N1CCN(C(=O)CCNC(=O)CCCCCNC(=O)C(Cc2ccccc2)NC(=O)C(Cc2ccccc2)NC(=O)C(CCCNC(=N)N)NC(=O)C(Cc2ccccc2)NC(=O)C(Cc2ccccc2)NC(=O)C(CCCNC(=N)N)NC(=O)C(Cc2ccccc2)NC(=O)C(Cc2ccccc2)NC(=O)C(CCCNC(=N)N)NC(C)=O)CC1. The molecule has 1 aliphatic rings. The maximum atomic E-state index is 15.5. The predicted octanol–water partition coefficient (Wildman–Crippen LogP) is 1.26. The predicted molar refractivity (Wildman–Crippen MR) is 487 cm³/mol. The maximum Gasteiger partial charge on any atom is 0.345 e. The van der Waals surface area contributed by atoms with Gasteiger partial charge in [-0.3, -0.25) is 78.3 Å². The molecule has 1 heterocycles. The second-order valence-corrected chi connectivity index (χ2v) is 34.1. The van der Waals surface area contributed by atoms with E-state index in [2.05, 4.69) is 74.4 Å². The van der Waals surface area contributed by atoms with E-state index in [4.69, 9.17) is 38.0 Å². The minimum atomic E-state index is -3.19. The van der Waals surface area contributed by atoms with Crippen molar-refractivity contribution in [3.63, 3.8) is 0 Å². The Morgan fingerprint density at radius 3 is 0.883 bits per heavy atom. The summed E-state index contributed by atoms with van der Waals surface area (Å²) in [5.41, 5.74) is 20.5. The number of guanidine groups is 3. The third-order valence-electron chi connectivity index (χ3n) is 21.2. The third kappa shape index (κ3) is 36.8. The number of unbranched alkanes of at least 4 members (excludes halogenated alkanes) is 2. The molecule has 12 amide bonds. The molecule has 38 heteroatoms. The highest BCUT2D eigenvalue weighted by molar-refractivity contribution is 7.53. The van der Waals surface area contributed by atoms with E-state index in [-0.39, 0.29) is 152 Å². The van der Waals surface area contributed by atoms with E-state index >= 15 is 28.8 Å². The lowest BCUT2D eigenvalue weighted by atomic mass is 10.00. The standard InChI is InChI=1S/C90H126N23O14P/c1-61(114)102-68(41-26-47-99-88(91)92)80(118)106-75(59-66-37-20-9-21-38-66)86(124)109-72(56-63-31-14-6-15-32-63)83(121)104-70(43-28-49-101-90(95)96)82(120)108-76(60-67-39-22-10-23-40-67)87(125)110-73(57-64-33-16-7-17-34-64)84(122)103-69(42-27-48-100-89(93)94)81(119)107-74(58-65-35-18-8-19-36-65)85(123)105-71(55-62-29-12-5-13-30-62)79(117)98-46-25-11-24-44-77(115)97-50-45-78(116)112-51-53-113(54-52-112)128(126,127-4)111(2)3/h5-10,12-23,29-40,68-76H,11,24-28,41-60H2,1-4H3,(H,97,115)(H,98,117)(H,102,114)(H,103,122)(H,104,121)(H,105,123)(H,106,118)(H,107,119)(H,108,120)(H,109,124)(H,110,125)(H4,91,92,99)(H4,93,94,100)(H4,95,96,101). The Labute approximate surface area is 747 Å². The molecule has 1 aliphatic heterocycles. The largest absolute Gasteiger partial charge is 0.370 e. The molecule has 0 spiro atoms. The van der Waals surface area contributed by atoms with Gasteiger partial charge in [0.2, 0.25) is 70.9 Å². The van der Waals surface area contributed by atoms with Crippen LogP contribution < -0.4 is 91.6 Å². The maximum absolute atomic E-state index is 15.5. The molecular weight excluding hydrogens is 1660 g/mol. The summed E-state index contributed by atoms with van der Waals surface area (Å²) in [6.45, 7) is 3.33. The lowest BCUT2D eigenvalue weighted by molar-refractivity contribution is -0.136. The number of carbonyl (C=O) groups is 12. The summed E-state index contributed by atoms with van der Waals surface area (Å²) in [7, 11) is 1.56. The van der Waals surface area contributed by atoms with Crippen molar-refractivity contribution in [2.45, 2.75) is 170 Å². The number of rotatable bonds is 54. The van der Waals surface area contributed by atoms with E-state index in [1.807, 2.05) is 0 Å². The number of hydrogen-bond donors (Lipinski definition) is 20. The first-order chi connectivity index (χ1) is 61.5. The number of nitrogens with two attached hydrogens (primary N) is 3. The Kier molecular flexibility index (Phi) is 43.6. The fourth-order valence-corrected chi connectivity index (χ4v) is 16.1. The zero-order chi connectivity index (χ0) is 92.8. The highest BCUT2D eigenvalue weighted by Gasteiger charge is 2.39. The molecule has 0 aromatic heterocycles. The van der Waals surface area contributed by atoms with Gasteiger partial charge in [-0.1, -0.05) is 188 Å². The highest BCUT2D eigenvalue weighted by Crippen LogP contribution is 2.52. The van der Waals surface area contributed by atoms with Crippen molar-refractivity contribution >= 4 is 96.4 Å². The van der Waals surface area contributed by atoms with Crippen molar-refractivity contribution in [1.82, 2.24) is 88.7 Å². The molecule has 128 heavy (non-hydrogen) atoms. The normalized spacial score (nSPS) is 14.5. The molecule has 6 aromatic rings. The molecule has 0 aliphatic carbocycles. The van der Waals surface area contributed by atoms with Crippen LogP contribution in [0.1, 0.15) is 111 Å². The van der Waals surface area contributed by atoms with Crippen LogP contribution in [0.3, 0.4) is 0 Å². The van der Waals surface area contributed by atoms with E-state index < -0.39 is 121 Å². The second-order valence-electron chi connectivity index (χ2n) is 31.4. The molecule has 37 nitrogen and oxygen atoms in total. The minimum Gasteiger partial charge on any atom is -0.370 e. The van der Waals surface area contributed by atoms with Crippen LogP contribution in [-0.2, 0) is 105 Å². The van der Waals surface area contributed by atoms with Crippen LogP contribution in [0.2, 0.25) is 0 Å². The molecule has 1 saturated heterocycles. The van der Waals surface area contributed by atoms with E-state index in [1.54, 1.807) is 210 Å². The molecule has 0 radical (unpaired) electrons. The third-order valence-corrected chi connectivity index (χ3v) is 23.8. The van der Waals surface area contributed by atoms with Gasteiger partial charge in [-0.25, -0.2) is 9.34 Å². The number of piperazine rings is 1. The number of amides is 12. The van der Waals surface area contributed by atoms with E-state index in [0.717, 1.165) is 0 Å². The second kappa shape index (κ2) is 54.7. The zero-order valence-electron chi connectivity index (χ0n) is 73.1. The Bertz CT molecular complexity index is 4640. The van der Waals surface area contributed by atoms with Crippen molar-refractivity contribution in [2.24, 2.45) is 17.2 Å². The first-order valence-corrected chi connectivity index (χ1v) is 44.6. The van der Waals surface area contributed by atoms with Crippen LogP contribution in [0.15, 0.2) is 182 Å². The summed E-state index contributed by atoms with van der Waals surface area (Å²) in [5, 5.41) is 62.5. The molecule has 10 unspecified atom stereocenters. The van der Waals surface area contributed by atoms with Crippen LogP contribution in [-0.4, -0.2) is 237 Å².